The van der Waals surface area contributed by atoms with Gasteiger partial charge in [-0.1, -0.05) is 42.5 Å². The van der Waals surface area contributed by atoms with Gasteiger partial charge in [0, 0.05) is 17.8 Å². The Hall–Kier alpha value is -3.93. The summed E-state index contributed by atoms with van der Waals surface area (Å²) in [5.74, 6) is -1.48. The summed E-state index contributed by atoms with van der Waals surface area (Å²) in [5, 5.41) is 8.49. The molecule has 0 aliphatic carbocycles. The molecule has 3 aromatic carbocycles. The van der Waals surface area contributed by atoms with Crippen molar-refractivity contribution in [3.63, 3.8) is 0 Å². The third-order valence-electron chi connectivity index (χ3n) is 5.02. The van der Waals surface area contributed by atoms with E-state index in [0.29, 0.717) is 22.6 Å². The molecule has 6 nitrogen and oxygen atoms in total. The van der Waals surface area contributed by atoms with E-state index in [4.69, 9.17) is 0 Å². The van der Waals surface area contributed by atoms with E-state index in [2.05, 4.69) is 16.0 Å². The monoisotopic (exact) mass is 399 g/mol. The summed E-state index contributed by atoms with van der Waals surface area (Å²) < 4.78 is 0. The molecule has 1 aliphatic rings. The Balaban J connectivity index is 1.57. The van der Waals surface area contributed by atoms with Gasteiger partial charge in [0.25, 0.3) is 5.91 Å². The highest BCUT2D eigenvalue weighted by molar-refractivity contribution is 6.11. The van der Waals surface area contributed by atoms with Crippen molar-refractivity contribution in [2.24, 2.45) is 0 Å². The minimum absolute atomic E-state index is 0.0561. The number of anilines is 3. The van der Waals surface area contributed by atoms with Crippen molar-refractivity contribution < 1.29 is 14.4 Å². The Morgan fingerprint density at radius 2 is 1.70 bits per heavy atom. The highest BCUT2D eigenvalue weighted by Gasteiger charge is 2.31. The van der Waals surface area contributed by atoms with Gasteiger partial charge in [-0.15, -0.1) is 0 Å². The number of fused-ring (bicyclic) bond motifs is 1. The van der Waals surface area contributed by atoms with Crippen LogP contribution in [-0.2, 0) is 9.59 Å². The topological polar surface area (TPSA) is 87.3 Å². The number of nitrogens with one attached hydrogen (secondary N) is 3. The lowest BCUT2D eigenvalue weighted by molar-refractivity contribution is -0.123. The lowest BCUT2D eigenvalue weighted by Gasteiger charge is -2.25. The second kappa shape index (κ2) is 8.21. The van der Waals surface area contributed by atoms with Crippen molar-refractivity contribution >= 4 is 34.8 Å². The van der Waals surface area contributed by atoms with Gasteiger partial charge in [-0.2, -0.15) is 0 Å². The van der Waals surface area contributed by atoms with Gasteiger partial charge in [-0.25, -0.2) is 0 Å². The first-order valence-corrected chi connectivity index (χ1v) is 9.68. The molecule has 3 amide bonds. The quantitative estimate of drug-likeness (QED) is 0.611. The molecule has 1 atom stereocenters. The minimum atomic E-state index is -0.622. The molecule has 3 N–H and O–H groups in total. The lowest BCUT2D eigenvalue weighted by atomic mass is 9.89. The Morgan fingerprint density at radius 3 is 2.53 bits per heavy atom. The molecule has 0 bridgehead atoms. The average Bonchev–Trinajstić information content (AvgIpc) is 2.73. The zero-order valence-electron chi connectivity index (χ0n) is 16.4. The van der Waals surface area contributed by atoms with Crippen LogP contribution in [0.25, 0.3) is 0 Å². The summed E-state index contributed by atoms with van der Waals surface area (Å²) >= 11 is 0. The smallest absolute Gasteiger partial charge is 0.257 e. The van der Waals surface area contributed by atoms with Gasteiger partial charge in [0.05, 0.1) is 17.2 Å². The Morgan fingerprint density at radius 1 is 0.933 bits per heavy atom. The van der Waals surface area contributed by atoms with Crippen molar-refractivity contribution in [3.8, 4) is 0 Å². The third kappa shape index (κ3) is 4.07. The Bertz CT molecular complexity index is 1140. The van der Waals surface area contributed by atoms with E-state index in [-0.39, 0.29) is 24.1 Å². The zero-order valence-corrected chi connectivity index (χ0v) is 16.4. The standard InChI is InChI=1S/C24H21N3O3/c1-15-7-6-8-16(13-15)25-23(29)18-10-3-5-12-21(18)27-24(30)19-14-22(28)26-20-11-4-2-9-17(19)20/h2-13,19H,14H2,1H3,(H,25,29)(H,26,28)(H,27,30). The van der Waals surface area contributed by atoms with Crippen LogP contribution in [0.4, 0.5) is 17.1 Å². The van der Waals surface area contributed by atoms with Crippen molar-refractivity contribution in [2.45, 2.75) is 19.3 Å². The van der Waals surface area contributed by atoms with E-state index in [0.717, 1.165) is 11.1 Å². The van der Waals surface area contributed by atoms with Crippen LogP contribution in [0.3, 0.4) is 0 Å². The molecular formula is C24H21N3O3. The molecule has 0 aromatic heterocycles. The van der Waals surface area contributed by atoms with Gasteiger partial charge in [0.2, 0.25) is 11.8 Å². The van der Waals surface area contributed by atoms with Crippen LogP contribution < -0.4 is 16.0 Å². The van der Waals surface area contributed by atoms with E-state index >= 15 is 0 Å². The number of rotatable bonds is 4. The van der Waals surface area contributed by atoms with Crippen LogP contribution in [-0.4, -0.2) is 17.7 Å². The summed E-state index contributed by atoms with van der Waals surface area (Å²) in [6.07, 6.45) is 0.0561. The number of carbonyl (C=O) groups is 3. The second-order valence-corrected chi connectivity index (χ2v) is 7.25. The SMILES string of the molecule is Cc1cccc(NC(=O)c2ccccc2NC(=O)C2CC(=O)Nc3ccccc32)c1. The molecule has 3 aromatic rings. The normalized spacial score (nSPS) is 15.0. The number of para-hydroxylation sites is 2. The van der Waals surface area contributed by atoms with E-state index in [1.807, 2.05) is 49.4 Å². The number of hydrogen-bond donors (Lipinski definition) is 3. The summed E-state index contributed by atoms with van der Waals surface area (Å²) in [7, 11) is 0. The van der Waals surface area contributed by atoms with Crippen molar-refractivity contribution in [1.29, 1.82) is 0 Å². The van der Waals surface area contributed by atoms with Gasteiger partial charge in [0.1, 0.15) is 0 Å². The fraction of sp³-hybridized carbons (Fsp3) is 0.125. The molecular weight excluding hydrogens is 378 g/mol. The van der Waals surface area contributed by atoms with Crippen LogP contribution in [0, 0.1) is 6.92 Å². The summed E-state index contributed by atoms with van der Waals surface area (Å²) in [4.78, 5) is 37.9. The fourth-order valence-corrected chi connectivity index (χ4v) is 3.58. The van der Waals surface area contributed by atoms with Crippen LogP contribution in [0.1, 0.15) is 33.8 Å². The number of carbonyl (C=O) groups excluding carboxylic acids is 3. The molecule has 4 rings (SSSR count). The van der Waals surface area contributed by atoms with E-state index in [1.54, 1.807) is 30.3 Å². The van der Waals surface area contributed by atoms with Crippen molar-refractivity contribution in [2.75, 3.05) is 16.0 Å². The number of amides is 3. The molecule has 0 saturated carbocycles. The highest BCUT2D eigenvalue weighted by Crippen LogP contribution is 2.33. The third-order valence-corrected chi connectivity index (χ3v) is 5.02. The zero-order chi connectivity index (χ0) is 21.1. The van der Waals surface area contributed by atoms with Gasteiger partial charge in [-0.05, 0) is 48.4 Å². The van der Waals surface area contributed by atoms with Crippen LogP contribution in [0.2, 0.25) is 0 Å². The first kappa shape index (κ1) is 19.4. The second-order valence-electron chi connectivity index (χ2n) is 7.25. The number of aryl methyl sites for hydroxylation is 1. The van der Waals surface area contributed by atoms with Crippen molar-refractivity contribution in [3.05, 3.63) is 89.5 Å². The number of hydrogen-bond acceptors (Lipinski definition) is 3. The summed E-state index contributed by atoms with van der Waals surface area (Å²) in [6.45, 7) is 1.95. The fourth-order valence-electron chi connectivity index (χ4n) is 3.58. The first-order valence-electron chi connectivity index (χ1n) is 9.68. The largest absolute Gasteiger partial charge is 0.326 e. The molecule has 0 spiro atoms. The van der Waals surface area contributed by atoms with Gasteiger partial charge in [-0.3, -0.25) is 14.4 Å². The molecule has 150 valence electrons. The van der Waals surface area contributed by atoms with E-state index < -0.39 is 5.92 Å². The van der Waals surface area contributed by atoms with Gasteiger partial charge >= 0.3 is 0 Å². The van der Waals surface area contributed by atoms with Crippen LogP contribution in [0.15, 0.2) is 72.8 Å². The first-order chi connectivity index (χ1) is 14.5. The van der Waals surface area contributed by atoms with Crippen LogP contribution in [0.5, 0.6) is 0 Å². The van der Waals surface area contributed by atoms with Gasteiger partial charge in [0.15, 0.2) is 0 Å². The maximum Gasteiger partial charge on any atom is 0.257 e. The number of benzene rings is 3. The molecule has 0 saturated heterocycles. The predicted octanol–water partition coefficient (Wildman–Crippen LogP) is 4.31. The molecule has 6 heteroatoms. The highest BCUT2D eigenvalue weighted by atomic mass is 16.2. The maximum absolute atomic E-state index is 13.0. The van der Waals surface area contributed by atoms with Crippen LogP contribution >= 0.6 is 0 Å². The molecule has 0 radical (unpaired) electrons. The average molecular weight is 399 g/mol. The summed E-state index contributed by atoms with van der Waals surface area (Å²) in [6, 6.07) is 21.6. The Labute approximate surface area is 174 Å². The van der Waals surface area contributed by atoms with Crippen molar-refractivity contribution in [1.82, 2.24) is 0 Å². The molecule has 30 heavy (non-hydrogen) atoms. The van der Waals surface area contributed by atoms with Gasteiger partial charge < -0.3 is 16.0 Å². The maximum atomic E-state index is 13.0. The molecule has 1 heterocycles. The van der Waals surface area contributed by atoms with E-state index in [9.17, 15) is 14.4 Å². The molecule has 1 aliphatic heterocycles. The molecule has 0 fully saturated rings. The molecule has 1 unspecified atom stereocenters. The van der Waals surface area contributed by atoms with E-state index in [1.165, 1.54) is 0 Å². The predicted molar refractivity (Wildman–Crippen MR) is 117 cm³/mol. The minimum Gasteiger partial charge on any atom is -0.326 e. The summed E-state index contributed by atoms with van der Waals surface area (Å²) in [5.41, 5.74) is 3.86. The Kier molecular flexibility index (Phi) is 5.30. The lowest BCUT2D eigenvalue weighted by Crippen LogP contribution is -2.31.